The van der Waals surface area contributed by atoms with Gasteiger partial charge in [0.15, 0.2) is 0 Å². The zero-order valence-electron chi connectivity index (χ0n) is 11.2. The van der Waals surface area contributed by atoms with Crippen LogP contribution in [0.2, 0.25) is 0 Å². The van der Waals surface area contributed by atoms with Gasteiger partial charge in [0.05, 0.1) is 12.2 Å². The molecule has 3 heteroatoms. The molecule has 3 nitrogen and oxygen atoms in total. The molecule has 0 fully saturated rings. The van der Waals surface area contributed by atoms with Crippen LogP contribution in [0.25, 0.3) is 0 Å². The van der Waals surface area contributed by atoms with Gasteiger partial charge in [-0.15, -0.1) is 0 Å². The molecule has 0 amide bonds. The van der Waals surface area contributed by atoms with E-state index in [0.29, 0.717) is 12.2 Å². The van der Waals surface area contributed by atoms with Crippen molar-refractivity contribution in [2.75, 3.05) is 6.61 Å². The van der Waals surface area contributed by atoms with Crippen LogP contribution >= 0.6 is 0 Å². The van der Waals surface area contributed by atoms with Crippen molar-refractivity contribution in [2.24, 2.45) is 0 Å². The van der Waals surface area contributed by atoms with Crippen molar-refractivity contribution in [1.82, 2.24) is 0 Å². The van der Waals surface area contributed by atoms with Crippen LogP contribution in [0.1, 0.15) is 55.5 Å². The minimum atomic E-state index is -0.283. The predicted molar refractivity (Wildman–Crippen MR) is 71.9 cm³/mol. The molecule has 0 atom stereocenters. The first-order valence-corrected chi connectivity index (χ1v) is 6.68. The first-order chi connectivity index (χ1) is 8.69. The molecule has 0 aliphatic carbocycles. The number of esters is 1. The average Bonchev–Trinajstić information content (AvgIpc) is 2.36. The van der Waals surface area contributed by atoms with Gasteiger partial charge in [-0.1, -0.05) is 26.7 Å². The molecule has 0 aliphatic heterocycles. The van der Waals surface area contributed by atoms with Crippen molar-refractivity contribution in [1.29, 1.82) is 0 Å². The lowest BCUT2D eigenvalue weighted by molar-refractivity contribution is 0.0498. The van der Waals surface area contributed by atoms with Crippen LogP contribution in [0.5, 0.6) is 5.75 Å². The number of aryl methyl sites for hydroxylation is 1. The van der Waals surface area contributed by atoms with Gasteiger partial charge in [-0.2, -0.15) is 0 Å². The molecule has 18 heavy (non-hydrogen) atoms. The molecule has 0 spiro atoms. The first kappa shape index (κ1) is 14.6. The minimum Gasteiger partial charge on any atom is -0.508 e. The van der Waals surface area contributed by atoms with Gasteiger partial charge in [-0.3, -0.25) is 0 Å². The van der Waals surface area contributed by atoms with Crippen molar-refractivity contribution < 1.29 is 14.6 Å². The van der Waals surface area contributed by atoms with Gasteiger partial charge in [0, 0.05) is 0 Å². The lowest BCUT2D eigenvalue weighted by Crippen LogP contribution is -2.09. The highest BCUT2D eigenvalue weighted by molar-refractivity contribution is 5.91. The van der Waals surface area contributed by atoms with E-state index in [2.05, 4.69) is 13.8 Å². The highest BCUT2D eigenvalue weighted by Gasteiger charge is 2.13. The monoisotopic (exact) mass is 250 g/mol. The second kappa shape index (κ2) is 7.75. The van der Waals surface area contributed by atoms with E-state index in [1.54, 1.807) is 12.1 Å². The van der Waals surface area contributed by atoms with Crippen molar-refractivity contribution in [3.05, 3.63) is 29.3 Å². The SMILES string of the molecule is CCCCOC(=O)c1ccc(O)cc1CCCC. The second-order valence-electron chi connectivity index (χ2n) is 4.43. The van der Waals surface area contributed by atoms with Crippen molar-refractivity contribution in [3.63, 3.8) is 0 Å². The van der Waals surface area contributed by atoms with Crippen molar-refractivity contribution in [2.45, 2.75) is 46.0 Å². The highest BCUT2D eigenvalue weighted by Crippen LogP contribution is 2.19. The molecule has 1 N–H and O–H groups in total. The lowest BCUT2D eigenvalue weighted by atomic mass is 10.0. The smallest absolute Gasteiger partial charge is 0.338 e. The lowest BCUT2D eigenvalue weighted by Gasteiger charge is -2.09. The third kappa shape index (κ3) is 4.40. The number of hydrogen-bond donors (Lipinski definition) is 1. The molecule has 1 rings (SSSR count). The fourth-order valence-electron chi connectivity index (χ4n) is 1.74. The van der Waals surface area contributed by atoms with E-state index in [1.807, 2.05) is 0 Å². The topological polar surface area (TPSA) is 46.5 Å². The van der Waals surface area contributed by atoms with E-state index in [9.17, 15) is 9.90 Å². The van der Waals surface area contributed by atoms with E-state index in [1.165, 1.54) is 6.07 Å². The fourth-order valence-corrected chi connectivity index (χ4v) is 1.74. The number of hydrogen-bond acceptors (Lipinski definition) is 3. The molecule has 100 valence electrons. The van der Waals surface area contributed by atoms with Crippen molar-refractivity contribution in [3.8, 4) is 5.75 Å². The molecule has 1 aromatic carbocycles. The van der Waals surface area contributed by atoms with Gasteiger partial charge in [-0.25, -0.2) is 4.79 Å². The van der Waals surface area contributed by atoms with Gasteiger partial charge in [0.2, 0.25) is 0 Å². The average molecular weight is 250 g/mol. The second-order valence-corrected chi connectivity index (χ2v) is 4.43. The van der Waals surface area contributed by atoms with Crippen LogP contribution < -0.4 is 0 Å². The van der Waals surface area contributed by atoms with E-state index in [-0.39, 0.29) is 11.7 Å². The first-order valence-electron chi connectivity index (χ1n) is 6.68. The Morgan fingerprint density at radius 3 is 2.61 bits per heavy atom. The van der Waals surface area contributed by atoms with Gasteiger partial charge in [-0.05, 0) is 43.0 Å². The Kier molecular flexibility index (Phi) is 6.26. The molecule has 0 saturated heterocycles. The fraction of sp³-hybridized carbons (Fsp3) is 0.533. The van der Waals surface area contributed by atoms with E-state index < -0.39 is 0 Å². The summed E-state index contributed by atoms with van der Waals surface area (Å²) in [6.07, 6.45) is 4.74. The number of carbonyl (C=O) groups excluding carboxylic acids is 1. The standard InChI is InChI=1S/C15H22O3/c1-3-5-7-12-11-13(16)8-9-14(12)15(17)18-10-6-4-2/h8-9,11,16H,3-7,10H2,1-2H3. The molecule has 0 heterocycles. The maximum Gasteiger partial charge on any atom is 0.338 e. The summed E-state index contributed by atoms with van der Waals surface area (Å²) in [5.74, 6) is -0.0826. The number of ether oxygens (including phenoxy) is 1. The summed E-state index contributed by atoms with van der Waals surface area (Å²) in [6, 6.07) is 4.84. The zero-order chi connectivity index (χ0) is 13.4. The Morgan fingerprint density at radius 1 is 1.22 bits per heavy atom. The number of phenolic OH excluding ortho intramolecular Hbond substituents is 1. The number of phenols is 1. The van der Waals surface area contributed by atoms with Crippen LogP contribution in [0, 0.1) is 0 Å². The summed E-state index contributed by atoms with van der Waals surface area (Å²) in [4.78, 5) is 11.9. The highest BCUT2D eigenvalue weighted by atomic mass is 16.5. The summed E-state index contributed by atoms with van der Waals surface area (Å²) in [5.41, 5.74) is 1.45. The number of benzene rings is 1. The maximum atomic E-state index is 11.9. The molecule has 0 saturated carbocycles. The van der Waals surface area contributed by atoms with Crippen LogP contribution in [-0.4, -0.2) is 17.7 Å². The van der Waals surface area contributed by atoms with Crippen LogP contribution in [0.3, 0.4) is 0 Å². The Bertz CT molecular complexity index is 385. The Balaban J connectivity index is 2.75. The van der Waals surface area contributed by atoms with E-state index in [4.69, 9.17) is 4.74 Å². The Hall–Kier alpha value is -1.51. The quantitative estimate of drug-likeness (QED) is 0.593. The minimum absolute atomic E-state index is 0.200. The molecule has 0 unspecified atom stereocenters. The number of rotatable bonds is 7. The van der Waals surface area contributed by atoms with E-state index >= 15 is 0 Å². The van der Waals surface area contributed by atoms with Crippen LogP contribution in [0.15, 0.2) is 18.2 Å². The number of unbranched alkanes of at least 4 members (excludes halogenated alkanes) is 2. The summed E-state index contributed by atoms with van der Waals surface area (Å²) in [6.45, 7) is 4.62. The molecule has 0 aromatic heterocycles. The number of aromatic hydroxyl groups is 1. The van der Waals surface area contributed by atoms with Gasteiger partial charge in [0.25, 0.3) is 0 Å². The predicted octanol–water partition coefficient (Wildman–Crippen LogP) is 3.69. The normalized spacial score (nSPS) is 10.3. The van der Waals surface area contributed by atoms with E-state index in [0.717, 1.165) is 37.7 Å². The van der Waals surface area contributed by atoms with Gasteiger partial charge >= 0.3 is 5.97 Å². The maximum absolute atomic E-state index is 11.9. The molecule has 0 bridgehead atoms. The van der Waals surface area contributed by atoms with Crippen LogP contribution in [0.4, 0.5) is 0 Å². The molecule has 1 aromatic rings. The van der Waals surface area contributed by atoms with Gasteiger partial charge in [0.1, 0.15) is 5.75 Å². The molecule has 0 aliphatic rings. The van der Waals surface area contributed by atoms with Crippen molar-refractivity contribution >= 4 is 5.97 Å². The third-order valence-electron chi connectivity index (χ3n) is 2.84. The van der Waals surface area contributed by atoms with Crippen LogP contribution in [-0.2, 0) is 11.2 Å². The Morgan fingerprint density at radius 2 is 1.94 bits per heavy atom. The zero-order valence-corrected chi connectivity index (χ0v) is 11.2. The summed E-state index contributed by atoms with van der Waals surface area (Å²) in [5, 5.41) is 9.48. The summed E-state index contributed by atoms with van der Waals surface area (Å²) < 4.78 is 5.21. The third-order valence-corrected chi connectivity index (χ3v) is 2.84. The number of carbonyl (C=O) groups is 1. The molecule has 0 radical (unpaired) electrons. The molecular weight excluding hydrogens is 228 g/mol. The molecular formula is C15H22O3. The summed E-state index contributed by atoms with van der Waals surface area (Å²) in [7, 11) is 0. The largest absolute Gasteiger partial charge is 0.508 e. The summed E-state index contributed by atoms with van der Waals surface area (Å²) >= 11 is 0. The van der Waals surface area contributed by atoms with Gasteiger partial charge < -0.3 is 9.84 Å². The Labute approximate surface area is 109 Å².